The molecule has 0 saturated carbocycles. The van der Waals surface area contributed by atoms with Crippen LogP contribution in [0.1, 0.15) is 0 Å². The van der Waals surface area contributed by atoms with Gasteiger partial charge in [-0.25, -0.2) is 9.18 Å². The summed E-state index contributed by atoms with van der Waals surface area (Å²) in [5, 5.41) is 13.1. The quantitative estimate of drug-likeness (QED) is 0.790. The monoisotopic (exact) mass is 320 g/mol. The van der Waals surface area contributed by atoms with E-state index in [9.17, 15) is 14.0 Å². The Hall–Kier alpha value is -2.54. The maximum atomic E-state index is 13.7. The fourth-order valence-electron chi connectivity index (χ4n) is 1.66. The van der Waals surface area contributed by atoms with Gasteiger partial charge in [0.2, 0.25) is 5.91 Å². The first kappa shape index (κ1) is 15.8. The average Bonchev–Trinajstić information content (AvgIpc) is 2.49. The van der Waals surface area contributed by atoms with E-state index < -0.39 is 12.0 Å². The molecule has 22 heavy (non-hydrogen) atoms. The van der Waals surface area contributed by atoms with Gasteiger partial charge in [-0.2, -0.15) is 0 Å². The Labute approximate surface area is 130 Å². The Morgan fingerprint density at radius 1 is 1.05 bits per heavy atom. The van der Waals surface area contributed by atoms with Crippen LogP contribution in [0.4, 0.5) is 14.9 Å². The molecule has 0 bridgehead atoms. The molecular formula is C15H13FN2O3S. The van der Waals surface area contributed by atoms with E-state index in [0.29, 0.717) is 15.5 Å². The van der Waals surface area contributed by atoms with Crippen LogP contribution in [0.3, 0.4) is 0 Å². The number of para-hydroxylation sites is 1. The van der Waals surface area contributed by atoms with Crippen LogP contribution in [0.2, 0.25) is 0 Å². The predicted molar refractivity (Wildman–Crippen MR) is 81.6 cm³/mol. The molecule has 0 aliphatic rings. The Morgan fingerprint density at radius 3 is 2.36 bits per heavy atom. The number of carboxylic acid groups (broad SMARTS) is 1. The van der Waals surface area contributed by atoms with E-state index in [1.54, 1.807) is 42.5 Å². The number of carbonyl (C=O) groups excluding carboxylic acids is 1. The van der Waals surface area contributed by atoms with E-state index in [1.807, 2.05) is 5.32 Å². The summed E-state index contributed by atoms with van der Waals surface area (Å²) >= 11 is 1.18. The molecule has 2 aromatic carbocycles. The van der Waals surface area contributed by atoms with Gasteiger partial charge in [-0.1, -0.05) is 36.0 Å². The van der Waals surface area contributed by atoms with Crippen molar-refractivity contribution < 1.29 is 19.1 Å². The molecule has 0 unspecified atom stereocenters. The predicted octanol–water partition coefficient (Wildman–Crippen LogP) is 3.18. The van der Waals surface area contributed by atoms with Crippen molar-refractivity contribution in [1.29, 1.82) is 0 Å². The molecule has 7 heteroatoms. The van der Waals surface area contributed by atoms with E-state index in [0.717, 1.165) is 0 Å². The number of rotatable bonds is 5. The maximum Gasteiger partial charge on any atom is 0.405 e. The van der Waals surface area contributed by atoms with Crippen molar-refractivity contribution in [2.45, 2.75) is 9.79 Å². The summed E-state index contributed by atoms with van der Waals surface area (Å²) in [4.78, 5) is 23.1. The molecule has 0 aromatic heterocycles. The van der Waals surface area contributed by atoms with Crippen LogP contribution in [0.15, 0.2) is 58.3 Å². The number of anilines is 1. The summed E-state index contributed by atoms with van der Waals surface area (Å²) in [5.74, 6) is -0.842. The first-order valence-corrected chi connectivity index (χ1v) is 7.16. The van der Waals surface area contributed by atoms with Gasteiger partial charge in [-0.3, -0.25) is 4.79 Å². The normalized spacial score (nSPS) is 10.0. The summed E-state index contributed by atoms with van der Waals surface area (Å²) in [7, 11) is 0. The molecule has 0 spiro atoms. The van der Waals surface area contributed by atoms with Gasteiger partial charge in [0.05, 0.1) is 5.69 Å². The lowest BCUT2D eigenvalue weighted by molar-refractivity contribution is -0.115. The first-order chi connectivity index (χ1) is 10.6. The van der Waals surface area contributed by atoms with Crippen molar-refractivity contribution in [1.82, 2.24) is 5.32 Å². The summed E-state index contributed by atoms with van der Waals surface area (Å²) in [5.41, 5.74) is 0.493. The summed E-state index contributed by atoms with van der Waals surface area (Å²) in [6.07, 6.45) is -1.27. The minimum atomic E-state index is -1.27. The van der Waals surface area contributed by atoms with E-state index in [2.05, 4.69) is 5.32 Å². The van der Waals surface area contributed by atoms with Crippen LogP contribution in [-0.2, 0) is 4.79 Å². The topological polar surface area (TPSA) is 78.4 Å². The number of benzene rings is 2. The Bertz CT molecular complexity index is 694. The first-order valence-electron chi connectivity index (χ1n) is 6.34. The number of hydrogen-bond acceptors (Lipinski definition) is 3. The Morgan fingerprint density at radius 2 is 1.68 bits per heavy atom. The van der Waals surface area contributed by atoms with Crippen molar-refractivity contribution in [2.75, 3.05) is 11.9 Å². The third-order valence-corrected chi connectivity index (χ3v) is 3.74. The fraction of sp³-hybridized carbons (Fsp3) is 0.0667. The van der Waals surface area contributed by atoms with Crippen molar-refractivity contribution in [3.63, 3.8) is 0 Å². The van der Waals surface area contributed by atoms with Crippen molar-refractivity contribution in [2.24, 2.45) is 0 Å². The van der Waals surface area contributed by atoms with Crippen LogP contribution < -0.4 is 10.6 Å². The van der Waals surface area contributed by atoms with Gasteiger partial charge in [0.15, 0.2) is 0 Å². The molecule has 0 atom stereocenters. The van der Waals surface area contributed by atoms with E-state index >= 15 is 0 Å². The second kappa shape index (κ2) is 7.46. The van der Waals surface area contributed by atoms with Crippen LogP contribution in [0.5, 0.6) is 0 Å². The highest BCUT2D eigenvalue weighted by Crippen LogP contribution is 2.34. The fourth-order valence-corrected chi connectivity index (χ4v) is 2.58. The van der Waals surface area contributed by atoms with Crippen LogP contribution in [0.25, 0.3) is 0 Å². The third kappa shape index (κ3) is 4.49. The molecule has 2 aromatic rings. The van der Waals surface area contributed by atoms with Crippen molar-refractivity contribution >= 4 is 29.4 Å². The number of halogens is 1. The highest BCUT2D eigenvalue weighted by Gasteiger charge is 2.10. The lowest BCUT2D eigenvalue weighted by atomic mass is 10.3. The smallest absolute Gasteiger partial charge is 0.405 e. The van der Waals surface area contributed by atoms with E-state index in [4.69, 9.17) is 5.11 Å². The summed E-state index contributed by atoms with van der Waals surface area (Å²) < 4.78 is 13.7. The van der Waals surface area contributed by atoms with Gasteiger partial charge in [0.1, 0.15) is 12.4 Å². The molecule has 5 nitrogen and oxygen atoms in total. The van der Waals surface area contributed by atoms with Gasteiger partial charge in [0.25, 0.3) is 0 Å². The molecule has 114 valence electrons. The molecule has 0 aliphatic carbocycles. The third-order valence-electron chi connectivity index (χ3n) is 2.62. The average molecular weight is 320 g/mol. The van der Waals surface area contributed by atoms with Crippen molar-refractivity contribution in [3.05, 3.63) is 54.3 Å². The molecule has 0 heterocycles. The Balaban J connectivity index is 2.12. The van der Waals surface area contributed by atoms with Crippen LogP contribution in [0, 0.1) is 5.82 Å². The van der Waals surface area contributed by atoms with Gasteiger partial charge >= 0.3 is 6.09 Å². The molecule has 0 radical (unpaired) electrons. The molecule has 3 N–H and O–H groups in total. The van der Waals surface area contributed by atoms with E-state index in [1.165, 1.54) is 17.8 Å². The van der Waals surface area contributed by atoms with Crippen LogP contribution in [-0.4, -0.2) is 23.7 Å². The lowest BCUT2D eigenvalue weighted by Crippen LogP contribution is -2.31. The van der Waals surface area contributed by atoms with Crippen LogP contribution >= 0.6 is 11.8 Å². The van der Waals surface area contributed by atoms with Gasteiger partial charge in [0, 0.05) is 9.79 Å². The molecule has 0 aliphatic heterocycles. The second-order valence-corrected chi connectivity index (χ2v) is 5.32. The van der Waals surface area contributed by atoms with Crippen molar-refractivity contribution in [3.8, 4) is 0 Å². The SMILES string of the molecule is O=C(O)NCC(=O)Nc1ccccc1Sc1ccccc1F. The number of amides is 2. The molecular weight excluding hydrogens is 307 g/mol. The zero-order valence-corrected chi connectivity index (χ0v) is 12.2. The molecule has 0 fully saturated rings. The molecule has 2 rings (SSSR count). The second-order valence-electron chi connectivity index (χ2n) is 4.24. The summed E-state index contributed by atoms with van der Waals surface area (Å²) in [6.45, 7) is -0.353. The minimum Gasteiger partial charge on any atom is -0.465 e. The van der Waals surface area contributed by atoms with Gasteiger partial charge in [-0.15, -0.1) is 0 Å². The number of nitrogens with one attached hydrogen (secondary N) is 2. The van der Waals surface area contributed by atoms with Gasteiger partial charge in [-0.05, 0) is 24.3 Å². The number of hydrogen-bond donors (Lipinski definition) is 3. The summed E-state index contributed by atoms with van der Waals surface area (Å²) in [6, 6.07) is 13.2. The highest BCUT2D eigenvalue weighted by molar-refractivity contribution is 7.99. The number of carbonyl (C=O) groups is 2. The zero-order chi connectivity index (χ0) is 15.9. The van der Waals surface area contributed by atoms with Gasteiger partial charge < -0.3 is 15.7 Å². The zero-order valence-electron chi connectivity index (χ0n) is 11.4. The molecule has 2 amide bonds. The highest BCUT2D eigenvalue weighted by atomic mass is 32.2. The standard InChI is InChI=1S/C15H13FN2O3S/c16-10-5-1-3-7-12(10)22-13-8-4-2-6-11(13)18-14(19)9-17-15(20)21/h1-8,17H,9H2,(H,18,19)(H,20,21). The van der Waals surface area contributed by atoms with E-state index in [-0.39, 0.29) is 12.4 Å². The molecule has 0 saturated heterocycles. The largest absolute Gasteiger partial charge is 0.465 e. The minimum absolute atomic E-state index is 0.346. The maximum absolute atomic E-state index is 13.7. The lowest BCUT2D eigenvalue weighted by Gasteiger charge is -2.11. The Kier molecular flexibility index (Phi) is 5.37.